The Labute approximate surface area is 114 Å². The highest BCUT2D eigenvalue weighted by Crippen LogP contribution is 2.23. The molecule has 0 aromatic heterocycles. The minimum Gasteiger partial charge on any atom is -0.347 e. The van der Waals surface area contributed by atoms with Gasteiger partial charge in [0.25, 0.3) is 0 Å². The Balaban J connectivity index is 2.93. The average Bonchev–Trinajstić information content (AvgIpc) is 2.27. The molecular weight excluding hydrogens is 238 g/mol. The van der Waals surface area contributed by atoms with Gasteiger partial charge in [-0.2, -0.15) is 0 Å². The number of carbonyl (C=O) groups excluding carboxylic acids is 2. The highest BCUT2D eigenvalue weighted by Gasteiger charge is 2.23. The summed E-state index contributed by atoms with van der Waals surface area (Å²) in [6.45, 7) is 11.1. The second-order valence-corrected chi connectivity index (χ2v) is 5.41. The van der Waals surface area contributed by atoms with E-state index < -0.39 is 5.54 Å². The van der Waals surface area contributed by atoms with E-state index in [4.69, 9.17) is 0 Å². The number of nitrogens with one attached hydrogen (secondary N) is 1. The molecule has 0 spiro atoms. The number of Topliss-reactive ketones (excluding diaryl/α,β-unsaturated/α-hetero) is 1. The molecular formula is C16H21NO2. The summed E-state index contributed by atoms with van der Waals surface area (Å²) in [5.74, 6) is -0.387. The van der Waals surface area contributed by atoms with Gasteiger partial charge in [-0.05, 0) is 44.9 Å². The van der Waals surface area contributed by atoms with Crippen molar-refractivity contribution in [2.75, 3.05) is 0 Å². The van der Waals surface area contributed by atoms with Gasteiger partial charge in [0.2, 0.25) is 5.91 Å². The lowest BCUT2D eigenvalue weighted by Gasteiger charge is -2.27. The van der Waals surface area contributed by atoms with E-state index in [0.717, 1.165) is 16.7 Å². The summed E-state index contributed by atoms with van der Waals surface area (Å²) >= 11 is 0. The van der Waals surface area contributed by atoms with Crippen molar-refractivity contribution in [1.82, 2.24) is 5.32 Å². The maximum atomic E-state index is 11.7. The maximum Gasteiger partial charge on any atom is 0.228 e. The van der Waals surface area contributed by atoms with Gasteiger partial charge < -0.3 is 5.32 Å². The third-order valence-electron chi connectivity index (χ3n) is 2.94. The molecule has 19 heavy (non-hydrogen) atoms. The maximum absolute atomic E-state index is 11.7. The summed E-state index contributed by atoms with van der Waals surface area (Å²) in [5, 5.41) is 2.88. The molecule has 1 aromatic carbocycles. The average molecular weight is 259 g/mol. The van der Waals surface area contributed by atoms with E-state index in [-0.39, 0.29) is 18.1 Å². The summed E-state index contributed by atoms with van der Waals surface area (Å²) in [6.07, 6.45) is -0.0798. The van der Waals surface area contributed by atoms with Crippen LogP contribution in [0, 0.1) is 0 Å². The van der Waals surface area contributed by atoms with Gasteiger partial charge in [0.15, 0.2) is 0 Å². The number of rotatable bonds is 5. The van der Waals surface area contributed by atoms with Crippen molar-refractivity contribution in [2.45, 2.75) is 39.7 Å². The number of allylic oxidation sites excluding steroid dienone is 1. The quantitative estimate of drug-likeness (QED) is 0.826. The fraction of sp³-hybridized carbons (Fsp3) is 0.375. The Morgan fingerprint density at radius 3 is 2.42 bits per heavy atom. The van der Waals surface area contributed by atoms with Gasteiger partial charge in [-0.15, -0.1) is 0 Å². The van der Waals surface area contributed by atoms with Crippen LogP contribution in [0.25, 0.3) is 5.57 Å². The largest absolute Gasteiger partial charge is 0.347 e. The fourth-order valence-electron chi connectivity index (χ4n) is 1.86. The first kappa shape index (κ1) is 15.2. The Morgan fingerprint density at radius 1 is 1.26 bits per heavy atom. The topological polar surface area (TPSA) is 46.2 Å². The molecule has 0 fully saturated rings. The summed E-state index contributed by atoms with van der Waals surface area (Å²) in [7, 11) is 0. The van der Waals surface area contributed by atoms with Crippen molar-refractivity contribution < 1.29 is 9.59 Å². The molecule has 0 aliphatic carbocycles. The predicted octanol–water partition coefficient (Wildman–Crippen LogP) is 3.05. The minimum absolute atomic E-state index is 0.0798. The van der Waals surface area contributed by atoms with Crippen molar-refractivity contribution in [2.24, 2.45) is 0 Å². The molecule has 0 saturated heterocycles. The van der Waals surface area contributed by atoms with Gasteiger partial charge in [0.05, 0.1) is 12.0 Å². The molecule has 0 saturated carbocycles. The molecule has 102 valence electrons. The number of hydrogen-bond acceptors (Lipinski definition) is 2. The van der Waals surface area contributed by atoms with E-state index in [1.807, 2.05) is 45.0 Å². The summed E-state index contributed by atoms with van der Waals surface area (Å²) in [4.78, 5) is 22.7. The van der Waals surface area contributed by atoms with Crippen molar-refractivity contribution in [1.29, 1.82) is 0 Å². The van der Waals surface area contributed by atoms with E-state index in [2.05, 4.69) is 11.9 Å². The van der Waals surface area contributed by atoms with Crippen LogP contribution in [0.2, 0.25) is 0 Å². The molecule has 1 rings (SSSR count). The Morgan fingerprint density at radius 2 is 1.89 bits per heavy atom. The number of ketones is 1. The van der Waals surface area contributed by atoms with Crippen LogP contribution in [0.1, 0.15) is 45.2 Å². The Kier molecular flexibility index (Phi) is 4.65. The van der Waals surface area contributed by atoms with Crippen molar-refractivity contribution >= 4 is 17.3 Å². The SMILES string of the molecule is C=C(C)c1cccc(C(C)(C)NC(=O)CC(C)=O)c1. The first-order valence-electron chi connectivity index (χ1n) is 6.29. The van der Waals surface area contributed by atoms with Gasteiger partial charge in [-0.25, -0.2) is 0 Å². The van der Waals surface area contributed by atoms with Gasteiger partial charge in [0.1, 0.15) is 5.78 Å². The lowest BCUT2D eigenvalue weighted by atomic mass is 9.91. The van der Waals surface area contributed by atoms with Gasteiger partial charge >= 0.3 is 0 Å². The van der Waals surface area contributed by atoms with Crippen LogP contribution < -0.4 is 5.32 Å². The molecule has 0 atom stereocenters. The molecule has 1 aromatic rings. The summed E-state index contributed by atoms with van der Waals surface area (Å²) in [5.41, 5.74) is 2.50. The molecule has 0 aliphatic heterocycles. The fourth-order valence-corrected chi connectivity index (χ4v) is 1.86. The first-order valence-corrected chi connectivity index (χ1v) is 6.29. The Hall–Kier alpha value is -1.90. The van der Waals surface area contributed by atoms with E-state index >= 15 is 0 Å². The zero-order chi connectivity index (χ0) is 14.6. The van der Waals surface area contributed by atoms with Crippen molar-refractivity contribution in [3.05, 3.63) is 42.0 Å². The third kappa shape index (κ3) is 4.36. The third-order valence-corrected chi connectivity index (χ3v) is 2.94. The van der Waals surface area contributed by atoms with Crippen LogP contribution in [0.15, 0.2) is 30.8 Å². The number of carbonyl (C=O) groups is 2. The van der Waals surface area contributed by atoms with Crippen LogP contribution in [0.3, 0.4) is 0 Å². The highest BCUT2D eigenvalue weighted by atomic mass is 16.2. The number of benzene rings is 1. The van der Waals surface area contributed by atoms with Crippen LogP contribution in [0.4, 0.5) is 0 Å². The van der Waals surface area contributed by atoms with Crippen LogP contribution >= 0.6 is 0 Å². The zero-order valence-electron chi connectivity index (χ0n) is 12.0. The van der Waals surface area contributed by atoms with E-state index in [1.165, 1.54) is 6.92 Å². The van der Waals surface area contributed by atoms with E-state index in [9.17, 15) is 9.59 Å². The van der Waals surface area contributed by atoms with Gasteiger partial charge in [-0.3, -0.25) is 9.59 Å². The monoisotopic (exact) mass is 259 g/mol. The molecule has 1 amide bonds. The molecule has 3 heteroatoms. The van der Waals surface area contributed by atoms with Crippen LogP contribution in [-0.4, -0.2) is 11.7 Å². The van der Waals surface area contributed by atoms with Crippen LogP contribution in [0.5, 0.6) is 0 Å². The Bertz CT molecular complexity index is 515. The molecule has 1 N–H and O–H groups in total. The normalized spacial score (nSPS) is 10.9. The number of amides is 1. The van der Waals surface area contributed by atoms with Crippen molar-refractivity contribution in [3.8, 4) is 0 Å². The smallest absolute Gasteiger partial charge is 0.228 e. The number of hydrogen-bond donors (Lipinski definition) is 1. The summed E-state index contributed by atoms with van der Waals surface area (Å²) in [6, 6.07) is 7.90. The molecule has 3 nitrogen and oxygen atoms in total. The standard InChI is InChI=1S/C16H21NO2/c1-11(2)13-7-6-8-14(10-13)16(4,5)17-15(19)9-12(3)18/h6-8,10H,1,9H2,2-5H3,(H,17,19). The molecule has 0 aliphatic rings. The van der Waals surface area contributed by atoms with E-state index in [0.29, 0.717) is 0 Å². The van der Waals surface area contributed by atoms with Gasteiger partial charge in [-0.1, -0.05) is 30.4 Å². The van der Waals surface area contributed by atoms with E-state index in [1.54, 1.807) is 0 Å². The zero-order valence-corrected chi connectivity index (χ0v) is 12.0. The lowest BCUT2D eigenvalue weighted by molar-refractivity contribution is -0.128. The van der Waals surface area contributed by atoms with Gasteiger partial charge in [0, 0.05) is 0 Å². The second-order valence-electron chi connectivity index (χ2n) is 5.41. The minimum atomic E-state index is -0.516. The molecule has 0 bridgehead atoms. The predicted molar refractivity (Wildman–Crippen MR) is 77.6 cm³/mol. The lowest BCUT2D eigenvalue weighted by Crippen LogP contribution is -2.41. The van der Waals surface area contributed by atoms with Crippen LogP contribution in [-0.2, 0) is 15.1 Å². The summed E-state index contributed by atoms with van der Waals surface area (Å²) < 4.78 is 0. The van der Waals surface area contributed by atoms with Crippen molar-refractivity contribution in [3.63, 3.8) is 0 Å². The highest BCUT2D eigenvalue weighted by molar-refractivity contribution is 5.97. The molecule has 0 heterocycles. The first-order chi connectivity index (χ1) is 8.72. The molecule has 0 radical (unpaired) electrons. The second kappa shape index (κ2) is 5.83. The molecule has 0 unspecified atom stereocenters.